The molecule has 1 aromatic carbocycles. The van der Waals surface area contributed by atoms with Gasteiger partial charge in [0.25, 0.3) is 5.91 Å². The van der Waals surface area contributed by atoms with Crippen LogP contribution in [0, 0.1) is 13.8 Å². The number of carboxylic acid groups (broad SMARTS) is 2. The Hall–Kier alpha value is -3.40. The van der Waals surface area contributed by atoms with Gasteiger partial charge in [-0.05, 0) is 13.8 Å². The van der Waals surface area contributed by atoms with Gasteiger partial charge >= 0.3 is 12.2 Å². The predicted octanol–water partition coefficient (Wildman–Crippen LogP) is 1.67. The van der Waals surface area contributed by atoms with Gasteiger partial charge in [-0.25, -0.2) is 14.3 Å². The van der Waals surface area contributed by atoms with Crippen molar-refractivity contribution in [3.63, 3.8) is 0 Å². The molecule has 1 aromatic heterocycles. The molecule has 1 aliphatic rings. The average Bonchev–Trinajstić information content (AvgIpc) is 3.05. The normalized spacial score (nSPS) is 21.0. The fraction of sp³-hybridized carbons (Fsp3) is 0.429. The number of nitrogens with one attached hydrogen (secondary N) is 1. The lowest BCUT2D eigenvalue weighted by atomic mass is 10.0. The second-order valence-electron chi connectivity index (χ2n) is 7.84. The maximum Gasteiger partial charge on any atom is 0.514 e. The Bertz CT molecular complexity index is 960. The van der Waals surface area contributed by atoms with Gasteiger partial charge in [-0.1, -0.05) is 30.3 Å². The van der Waals surface area contributed by atoms with Crippen LogP contribution in [0.25, 0.3) is 0 Å². The van der Waals surface area contributed by atoms with Crippen LogP contribution in [0.3, 0.4) is 0 Å². The SMILES string of the molecule is Cc1cn(CCNC(=O)[C@H]2CN(C(=O)O)CC[N+]2(Cc2ccccc2)C(=O)O)c(C)n1. The van der Waals surface area contributed by atoms with Gasteiger partial charge in [0.1, 0.15) is 18.9 Å². The Kier molecular flexibility index (Phi) is 6.59. The molecular weight excluding hydrogens is 402 g/mol. The Morgan fingerprint density at radius 3 is 2.48 bits per heavy atom. The van der Waals surface area contributed by atoms with Crippen molar-refractivity contribution in [3.05, 3.63) is 53.6 Å². The van der Waals surface area contributed by atoms with E-state index in [-0.39, 0.29) is 32.7 Å². The van der Waals surface area contributed by atoms with Crippen LogP contribution in [0.1, 0.15) is 17.1 Å². The molecule has 0 saturated carbocycles. The monoisotopic (exact) mass is 430 g/mol. The van der Waals surface area contributed by atoms with Gasteiger partial charge in [0.15, 0.2) is 6.04 Å². The van der Waals surface area contributed by atoms with Crippen LogP contribution >= 0.6 is 0 Å². The summed E-state index contributed by atoms with van der Waals surface area (Å²) in [6.45, 7) is 4.49. The van der Waals surface area contributed by atoms with E-state index in [0.717, 1.165) is 22.0 Å². The van der Waals surface area contributed by atoms with Crippen LogP contribution in [0.2, 0.25) is 0 Å². The van der Waals surface area contributed by atoms with E-state index in [4.69, 9.17) is 0 Å². The molecule has 1 fully saturated rings. The molecule has 0 spiro atoms. The minimum absolute atomic E-state index is 0.00837. The summed E-state index contributed by atoms with van der Waals surface area (Å²) in [5, 5.41) is 22.4. The van der Waals surface area contributed by atoms with Crippen LogP contribution in [-0.2, 0) is 17.9 Å². The van der Waals surface area contributed by atoms with Gasteiger partial charge in [0.05, 0.1) is 18.8 Å². The molecule has 1 saturated heterocycles. The molecule has 3 N–H and O–H groups in total. The molecule has 0 radical (unpaired) electrons. The van der Waals surface area contributed by atoms with Gasteiger partial charge in [0.2, 0.25) is 0 Å². The second-order valence-corrected chi connectivity index (χ2v) is 7.84. The summed E-state index contributed by atoms with van der Waals surface area (Å²) in [4.78, 5) is 42.5. The summed E-state index contributed by atoms with van der Waals surface area (Å²) < 4.78 is 1.37. The van der Waals surface area contributed by atoms with Crippen LogP contribution in [0.15, 0.2) is 36.5 Å². The molecule has 31 heavy (non-hydrogen) atoms. The van der Waals surface area contributed by atoms with E-state index in [1.54, 1.807) is 0 Å². The zero-order chi connectivity index (χ0) is 22.6. The van der Waals surface area contributed by atoms with Crippen molar-refractivity contribution in [2.75, 3.05) is 26.2 Å². The van der Waals surface area contributed by atoms with Gasteiger partial charge < -0.3 is 20.1 Å². The number of carbonyl (C=O) groups excluding carboxylic acids is 1. The number of imidazole rings is 1. The summed E-state index contributed by atoms with van der Waals surface area (Å²) >= 11 is 0. The lowest BCUT2D eigenvalue weighted by Crippen LogP contribution is -2.71. The molecule has 3 rings (SSSR count). The molecule has 0 bridgehead atoms. The Morgan fingerprint density at radius 2 is 1.90 bits per heavy atom. The summed E-state index contributed by atoms with van der Waals surface area (Å²) in [7, 11) is 0. The first-order valence-electron chi connectivity index (χ1n) is 10.1. The predicted molar refractivity (Wildman–Crippen MR) is 111 cm³/mol. The minimum atomic E-state index is -1.16. The Balaban J connectivity index is 1.80. The number of aryl methyl sites for hydroxylation is 2. The Morgan fingerprint density at radius 1 is 1.19 bits per heavy atom. The summed E-state index contributed by atoms with van der Waals surface area (Å²) in [6.07, 6.45) is -0.429. The average molecular weight is 430 g/mol. The first-order chi connectivity index (χ1) is 14.7. The van der Waals surface area contributed by atoms with E-state index in [9.17, 15) is 24.6 Å². The van der Waals surface area contributed by atoms with Gasteiger partial charge in [0, 0.05) is 24.8 Å². The Labute approximate surface area is 180 Å². The first kappa shape index (κ1) is 22.3. The van der Waals surface area contributed by atoms with Gasteiger partial charge in [-0.3, -0.25) is 9.69 Å². The third kappa shape index (κ3) is 4.85. The fourth-order valence-electron chi connectivity index (χ4n) is 4.10. The van der Waals surface area contributed by atoms with Crippen molar-refractivity contribution in [3.8, 4) is 0 Å². The van der Waals surface area contributed by atoms with E-state index in [2.05, 4.69) is 10.3 Å². The van der Waals surface area contributed by atoms with E-state index in [1.807, 2.05) is 54.9 Å². The molecule has 3 amide bonds. The zero-order valence-electron chi connectivity index (χ0n) is 17.7. The third-order valence-corrected chi connectivity index (χ3v) is 5.77. The summed E-state index contributed by atoms with van der Waals surface area (Å²) in [5.74, 6) is 0.347. The lowest BCUT2D eigenvalue weighted by Gasteiger charge is -2.44. The molecule has 10 nitrogen and oxygen atoms in total. The molecule has 2 heterocycles. The summed E-state index contributed by atoms with van der Waals surface area (Å²) in [6, 6.07) is 8.02. The number of hydrogen-bond acceptors (Lipinski definition) is 4. The van der Waals surface area contributed by atoms with Crippen LogP contribution in [0.4, 0.5) is 9.59 Å². The summed E-state index contributed by atoms with van der Waals surface area (Å²) in [5.41, 5.74) is 1.65. The molecule has 166 valence electrons. The fourth-order valence-corrected chi connectivity index (χ4v) is 4.10. The van der Waals surface area contributed by atoms with Crippen LogP contribution < -0.4 is 5.32 Å². The van der Waals surface area contributed by atoms with Crippen molar-refractivity contribution < 1.29 is 29.1 Å². The van der Waals surface area contributed by atoms with Gasteiger partial charge in [-0.2, -0.15) is 4.79 Å². The smallest absolute Gasteiger partial charge is 0.465 e. The number of aromatic nitrogens is 2. The lowest BCUT2D eigenvalue weighted by molar-refractivity contribution is -0.890. The number of quaternary nitrogens is 1. The number of carbonyl (C=O) groups is 3. The zero-order valence-corrected chi connectivity index (χ0v) is 17.7. The quantitative estimate of drug-likeness (QED) is 0.599. The maximum atomic E-state index is 13.1. The number of amides is 3. The van der Waals surface area contributed by atoms with E-state index >= 15 is 0 Å². The first-order valence-corrected chi connectivity index (χ1v) is 10.1. The largest absolute Gasteiger partial charge is 0.514 e. The van der Waals surface area contributed by atoms with Crippen LogP contribution in [0.5, 0.6) is 0 Å². The number of benzene rings is 1. The number of hydrogen-bond donors (Lipinski definition) is 3. The molecular formula is C21H28N5O5+. The number of piperazine rings is 1. The van der Waals surface area contributed by atoms with E-state index in [1.165, 1.54) is 0 Å². The number of nitrogens with zero attached hydrogens (tertiary/aromatic N) is 4. The highest BCUT2D eigenvalue weighted by Crippen LogP contribution is 2.25. The molecule has 2 aromatic rings. The van der Waals surface area contributed by atoms with E-state index < -0.39 is 28.6 Å². The molecule has 1 aliphatic heterocycles. The van der Waals surface area contributed by atoms with Crippen molar-refractivity contribution in [1.29, 1.82) is 0 Å². The van der Waals surface area contributed by atoms with Crippen molar-refractivity contribution in [2.45, 2.75) is 33.0 Å². The van der Waals surface area contributed by atoms with Crippen molar-refractivity contribution in [2.24, 2.45) is 0 Å². The van der Waals surface area contributed by atoms with Crippen molar-refractivity contribution >= 4 is 18.1 Å². The number of rotatable bonds is 6. The highest BCUT2D eigenvalue weighted by molar-refractivity contribution is 5.83. The maximum absolute atomic E-state index is 13.1. The second kappa shape index (κ2) is 9.17. The van der Waals surface area contributed by atoms with E-state index in [0.29, 0.717) is 6.54 Å². The highest BCUT2D eigenvalue weighted by atomic mass is 16.4. The van der Waals surface area contributed by atoms with Crippen molar-refractivity contribution in [1.82, 2.24) is 19.8 Å². The topological polar surface area (TPSA) is 125 Å². The molecule has 2 atom stereocenters. The minimum Gasteiger partial charge on any atom is -0.465 e. The third-order valence-electron chi connectivity index (χ3n) is 5.77. The van der Waals surface area contributed by atoms with Crippen LogP contribution in [-0.4, -0.2) is 79.5 Å². The molecule has 0 aliphatic carbocycles. The standard InChI is InChI=1S/C21H27N5O5/c1-15-12-24(16(2)23-15)9-8-22-19(27)18-13-25(20(28)29)10-11-26(18,21(30)31)14-17-6-4-3-5-7-17/h3-7,12,18H,8-11,13-14H2,1-2H3,(H2-,22,27,28,29,30,31)/p+1/t18-,26?/m1/s1. The molecule has 1 unspecified atom stereocenters. The van der Waals surface area contributed by atoms with Gasteiger partial charge in [-0.15, -0.1) is 0 Å². The molecule has 10 heteroatoms. The highest BCUT2D eigenvalue weighted by Gasteiger charge is 2.53.